The molecular weight excluding hydrogens is 555 g/mol. The Hall–Kier alpha value is -2.97. The summed E-state index contributed by atoms with van der Waals surface area (Å²) in [6.07, 6.45) is 0. The van der Waals surface area contributed by atoms with E-state index in [1.54, 1.807) is 0 Å². The fourth-order valence-electron chi connectivity index (χ4n) is 4.06. The molecule has 4 rings (SSSR count). The molecule has 1 unspecified atom stereocenters. The summed E-state index contributed by atoms with van der Waals surface area (Å²) in [5.74, 6) is -3.51. The van der Waals surface area contributed by atoms with Gasteiger partial charge in [0, 0.05) is 21.3 Å². The lowest BCUT2D eigenvalue weighted by Gasteiger charge is -2.26. The first kappa shape index (κ1) is 26.1. The highest BCUT2D eigenvalue weighted by molar-refractivity contribution is 6.52. The van der Waals surface area contributed by atoms with Crippen LogP contribution in [0.4, 0.5) is 10.1 Å². The average molecular weight is 571 g/mol. The Morgan fingerprint density at radius 3 is 2.14 bits per heavy atom. The number of carbonyl (C=O) groups is 2. The van der Waals surface area contributed by atoms with Crippen LogP contribution in [0.2, 0.25) is 20.1 Å². The first-order valence-electron chi connectivity index (χ1n) is 10.2. The van der Waals surface area contributed by atoms with Crippen molar-refractivity contribution in [1.82, 2.24) is 0 Å². The summed E-state index contributed by atoms with van der Waals surface area (Å²) in [7, 11) is 2.62. The smallest absolute Gasteiger partial charge is 0.300 e. The predicted octanol–water partition coefficient (Wildman–Crippen LogP) is 7.08. The number of rotatable bonds is 5. The highest BCUT2D eigenvalue weighted by atomic mass is 35.5. The maximum atomic E-state index is 15.1. The van der Waals surface area contributed by atoms with Gasteiger partial charge in [-0.1, -0.05) is 64.6 Å². The van der Waals surface area contributed by atoms with Gasteiger partial charge in [0.25, 0.3) is 11.7 Å². The first-order chi connectivity index (χ1) is 17.1. The molecule has 0 spiro atoms. The number of aliphatic hydroxyl groups excluding tert-OH is 1. The molecule has 1 N–H and O–H groups in total. The molecule has 0 saturated carbocycles. The van der Waals surface area contributed by atoms with E-state index in [1.807, 2.05) is 0 Å². The second-order valence-corrected chi connectivity index (χ2v) is 9.26. The van der Waals surface area contributed by atoms with E-state index in [-0.39, 0.29) is 48.4 Å². The molecule has 1 amide bonds. The molecule has 1 saturated heterocycles. The SMILES string of the molecule is COc1c(Cl)cc(/C(O)=C2\C(=O)C(=O)N(c3cc(Cl)cc(Cl)c3)C2c2ccccc2F)c(OC)c1Cl. The van der Waals surface area contributed by atoms with Crippen molar-refractivity contribution in [1.29, 1.82) is 0 Å². The number of hydrogen-bond acceptors (Lipinski definition) is 5. The van der Waals surface area contributed by atoms with Gasteiger partial charge in [-0.2, -0.15) is 0 Å². The fraction of sp³-hybridized carbons (Fsp3) is 0.120. The number of benzene rings is 3. The van der Waals surface area contributed by atoms with Gasteiger partial charge in [0.15, 0.2) is 11.5 Å². The van der Waals surface area contributed by atoms with Crippen LogP contribution in [0.1, 0.15) is 17.2 Å². The van der Waals surface area contributed by atoms with Crippen LogP contribution in [0.5, 0.6) is 11.5 Å². The number of amides is 1. The highest BCUT2D eigenvalue weighted by Crippen LogP contribution is 2.48. The van der Waals surface area contributed by atoms with Crippen LogP contribution in [0.15, 0.2) is 54.1 Å². The Bertz CT molecular complexity index is 1420. The van der Waals surface area contributed by atoms with E-state index in [1.165, 1.54) is 62.8 Å². The number of anilines is 1. The number of nitrogens with zero attached hydrogens (tertiary/aromatic N) is 1. The highest BCUT2D eigenvalue weighted by Gasteiger charge is 2.48. The topological polar surface area (TPSA) is 76.1 Å². The Balaban J connectivity index is 2.06. The molecule has 0 bridgehead atoms. The maximum absolute atomic E-state index is 15.1. The number of ketones is 1. The van der Waals surface area contributed by atoms with Gasteiger partial charge in [-0.15, -0.1) is 0 Å². The van der Waals surface area contributed by atoms with Crippen LogP contribution in [0.25, 0.3) is 5.76 Å². The third-order valence-corrected chi connectivity index (χ3v) is 6.62. The van der Waals surface area contributed by atoms with Gasteiger partial charge >= 0.3 is 0 Å². The van der Waals surface area contributed by atoms with E-state index in [0.717, 1.165) is 4.90 Å². The molecule has 1 fully saturated rings. The zero-order valence-corrected chi connectivity index (χ0v) is 21.6. The lowest BCUT2D eigenvalue weighted by atomic mass is 9.94. The fourth-order valence-corrected chi connectivity index (χ4v) is 5.26. The maximum Gasteiger partial charge on any atom is 0.300 e. The molecule has 1 atom stereocenters. The Morgan fingerprint density at radius 1 is 0.944 bits per heavy atom. The molecule has 186 valence electrons. The summed E-state index contributed by atoms with van der Waals surface area (Å²) in [6, 6.07) is 9.66. The molecule has 0 aliphatic carbocycles. The quantitative estimate of drug-likeness (QED) is 0.201. The van der Waals surface area contributed by atoms with E-state index in [4.69, 9.17) is 55.9 Å². The molecule has 3 aromatic rings. The number of carbonyl (C=O) groups excluding carboxylic acids is 2. The van der Waals surface area contributed by atoms with E-state index in [0.29, 0.717) is 0 Å². The third-order valence-electron chi connectivity index (χ3n) is 5.56. The largest absolute Gasteiger partial charge is 0.507 e. The lowest BCUT2D eigenvalue weighted by molar-refractivity contribution is -0.132. The van der Waals surface area contributed by atoms with Gasteiger partial charge in [-0.3, -0.25) is 14.5 Å². The predicted molar refractivity (Wildman–Crippen MR) is 137 cm³/mol. The van der Waals surface area contributed by atoms with Crippen LogP contribution in [-0.4, -0.2) is 31.0 Å². The molecule has 1 heterocycles. The minimum absolute atomic E-state index is 0.00291. The van der Waals surface area contributed by atoms with Crippen LogP contribution in [0, 0.1) is 5.82 Å². The van der Waals surface area contributed by atoms with Crippen LogP contribution < -0.4 is 14.4 Å². The minimum atomic E-state index is -1.38. The number of Topliss-reactive ketones (excluding diaryl/α,β-unsaturated/α-hetero) is 1. The van der Waals surface area contributed by atoms with Crippen molar-refractivity contribution < 1.29 is 28.6 Å². The van der Waals surface area contributed by atoms with Crippen molar-refractivity contribution in [3.8, 4) is 11.5 Å². The van der Waals surface area contributed by atoms with Gasteiger partial charge in [0.1, 0.15) is 16.6 Å². The molecule has 1 aliphatic rings. The standard InChI is InChI=1S/C25H16Cl4FNO5/c1-35-23-15(10-16(28)24(36-2)19(23)29)21(32)18-20(14-5-3-4-6-17(14)30)31(25(34)22(18)33)13-8-11(26)7-12(27)9-13/h3-10,20,32H,1-2H3/b21-18+. The van der Waals surface area contributed by atoms with Crippen molar-refractivity contribution in [2.45, 2.75) is 6.04 Å². The molecule has 0 aromatic heterocycles. The van der Waals surface area contributed by atoms with E-state index < -0.39 is 34.9 Å². The monoisotopic (exact) mass is 569 g/mol. The summed E-state index contributed by atoms with van der Waals surface area (Å²) >= 11 is 24.9. The van der Waals surface area contributed by atoms with Gasteiger partial charge in [0.05, 0.1) is 36.4 Å². The number of aliphatic hydroxyl groups is 1. The molecule has 6 nitrogen and oxygen atoms in total. The van der Waals surface area contributed by atoms with Gasteiger partial charge in [-0.05, 0) is 30.3 Å². The minimum Gasteiger partial charge on any atom is -0.507 e. The first-order valence-corrected chi connectivity index (χ1v) is 11.7. The van der Waals surface area contributed by atoms with Crippen molar-refractivity contribution in [3.63, 3.8) is 0 Å². The summed E-state index contributed by atoms with van der Waals surface area (Å²) in [5, 5.41) is 11.7. The molecular formula is C25H16Cl4FNO5. The van der Waals surface area contributed by atoms with Crippen LogP contribution in [-0.2, 0) is 9.59 Å². The lowest BCUT2D eigenvalue weighted by Crippen LogP contribution is -2.29. The van der Waals surface area contributed by atoms with Crippen molar-refractivity contribution in [2.24, 2.45) is 0 Å². The third kappa shape index (κ3) is 4.37. The second-order valence-electron chi connectivity index (χ2n) is 7.60. The Morgan fingerprint density at radius 2 is 1.56 bits per heavy atom. The van der Waals surface area contributed by atoms with E-state index >= 15 is 4.39 Å². The van der Waals surface area contributed by atoms with Crippen molar-refractivity contribution >= 4 is 69.5 Å². The van der Waals surface area contributed by atoms with Gasteiger partial charge < -0.3 is 14.6 Å². The Kier molecular flexibility index (Phi) is 7.38. The van der Waals surface area contributed by atoms with E-state index in [9.17, 15) is 14.7 Å². The summed E-state index contributed by atoms with van der Waals surface area (Å²) < 4.78 is 25.6. The molecule has 0 radical (unpaired) electrons. The average Bonchev–Trinajstić information content (AvgIpc) is 3.08. The number of methoxy groups -OCH3 is 2. The summed E-state index contributed by atoms with van der Waals surface area (Å²) in [4.78, 5) is 27.6. The van der Waals surface area contributed by atoms with Crippen LogP contribution >= 0.6 is 46.4 Å². The van der Waals surface area contributed by atoms with Crippen LogP contribution in [0.3, 0.4) is 0 Å². The summed E-state index contributed by atoms with van der Waals surface area (Å²) in [6.45, 7) is 0. The Labute approximate surface area is 225 Å². The summed E-state index contributed by atoms with van der Waals surface area (Å²) in [5.41, 5.74) is -0.452. The number of hydrogen-bond donors (Lipinski definition) is 1. The van der Waals surface area contributed by atoms with Crippen molar-refractivity contribution in [2.75, 3.05) is 19.1 Å². The molecule has 3 aromatic carbocycles. The van der Waals surface area contributed by atoms with E-state index in [2.05, 4.69) is 0 Å². The number of ether oxygens (including phenoxy) is 2. The van der Waals surface area contributed by atoms with Gasteiger partial charge in [0.2, 0.25) is 0 Å². The molecule has 36 heavy (non-hydrogen) atoms. The molecule has 11 heteroatoms. The van der Waals surface area contributed by atoms with Gasteiger partial charge in [-0.25, -0.2) is 4.39 Å². The second kappa shape index (κ2) is 10.2. The van der Waals surface area contributed by atoms with Crippen molar-refractivity contribution in [3.05, 3.63) is 91.1 Å². The normalized spacial score (nSPS) is 17.0. The zero-order chi connectivity index (χ0) is 26.3. The zero-order valence-electron chi connectivity index (χ0n) is 18.6. The molecule has 1 aliphatic heterocycles. The number of halogens is 5.